The highest BCUT2D eigenvalue weighted by molar-refractivity contribution is 6.42. The van der Waals surface area contributed by atoms with Crippen LogP contribution in [0.1, 0.15) is 31.9 Å². The zero-order valence-electron chi connectivity index (χ0n) is 8.73. The van der Waals surface area contributed by atoms with Crippen molar-refractivity contribution in [3.63, 3.8) is 0 Å². The molecule has 0 fully saturated rings. The molecule has 1 aromatic rings. The summed E-state index contributed by atoms with van der Waals surface area (Å²) in [4.78, 5) is 0. The highest BCUT2D eigenvalue weighted by Crippen LogP contribution is 2.33. The highest BCUT2D eigenvalue weighted by atomic mass is 35.5. The Bertz CT molecular complexity index is 353. The third-order valence-corrected chi connectivity index (χ3v) is 2.99. The summed E-state index contributed by atoms with van der Waals surface area (Å²) < 4.78 is 13.5. The van der Waals surface area contributed by atoms with Gasteiger partial charge in [0, 0.05) is 11.6 Å². The van der Waals surface area contributed by atoms with Crippen LogP contribution in [0.5, 0.6) is 0 Å². The van der Waals surface area contributed by atoms with E-state index < -0.39 is 11.9 Å². The zero-order chi connectivity index (χ0) is 11.6. The van der Waals surface area contributed by atoms with Crippen LogP contribution in [-0.4, -0.2) is 0 Å². The summed E-state index contributed by atoms with van der Waals surface area (Å²) in [6, 6.07) is 2.32. The lowest BCUT2D eigenvalue weighted by molar-refractivity contribution is 0.489. The fraction of sp³-hybridized carbons (Fsp3) is 0.455. The Kier molecular flexibility index (Phi) is 4.38. The normalized spacial score (nSPS) is 13.3. The van der Waals surface area contributed by atoms with Gasteiger partial charge in [-0.25, -0.2) is 4.39 Å². The minimum Gasteiger partial charge on any atom is -0.324 e. The monoisotopic (exact) mass is 249 g/mol. The molecule has 84 valence electrons. The molecule has 0 bridgehead atoms. The first kappa shape index (κ1) is 12.8. The molecule has 2 N–H and O–H groups in total. The molecule has 0 amide bonds. The Hall–Kier alpha value is -0.310. The van der Waals surface area contributed by atoms with Crippen LogP contribution in [-0.2, 0) is 0 Å². The van der Waals surface area contributed by atoms with Gasteiger partial charge in [-0.1, -0.05) is 37.0 Å². The van der Waals surface area contributed by atoms with Crippen LogP contribution < -0.4 is 5.73 Å². The van der Waals surface area contributed by atoms with E-state index in [1.807, 2.05) is 13.8 Å². The van der Waals surface area contributed by atoms with Crippen molar-refractivity contribution in [3.05, 3.63) is 33.6 Å². The fourth-order valence-electron chi connectivity index (χ4n) is 1.51. The van der Waals surface area contributed by atoms with Gasteiger partial charge in [-0.05, 0) is 24.5 Å². The molecule has 0 aliphatic heterocycles. The standard InChI is InChI=1S/C11H14Cl2FN/c1-6(2)5-9(15)10-8(14)4-3-7(12)11(10)13/h3-4,6,9H,5,15H2,1-2H3/t9-/m1/s1. The van der Waals surface area contributed by atoms with Crippen LogP contribution in [0.25, 0.3) is 0 Å². The molecule has 4 heteroatoms. The number of hydrogen-bond acceptors (Lipinski definition) is 1. The lowest BCUT2D eigenvalue weighted by atomic mass is 9.97. The van der Waals surface area contributed by atoms with Crippen LogP contribution in [0.4, 0.5) is 4.39 Å². The van der Waals surface area contributed by atoms with E-state index >= 15 is 0 Å². The predicted octanol–water partition coefficient (Wildman–Crippen LogP) is 4.18. The lowest BCUT2D eigenvalue weighted by Crippen LogP contribution is -2.15. The summed E-state index contributed by atoms with van der Waals surface area (Å²) >= 11 is 11.7. The average Bonchev–Trinajstić information content (AvgIpc) is 2.11. The Balaban J connectivity index is 3.07. The Morgan fingerprint density at radius 3 is 2.47 bits per heavy atom. The molecular weight excluding hydrogens is 236 g/mol. The molecule has 0 saturated heterocycles. The van der Waals surface area contributed by atoms with Crippen LogP contribution in [0.3, 0.4) is 0 Å². The maximum absolute atomic E-state index is 13.5. The summed E-state index contributed by atoms with van der Waals surface area (Å²) in [6.07, 6.45) is 0.678. The maximum atomic E-state index is 13.5. The first-order valence-corrected chi connectivity index (χ1v) is 5.58. The van der Waals surface area contributed by atoms with E-state index in [1.54, 1.807) is 0 Å². The molecular formula is C11H14Cl2FN. The second-order valence-corrected chi connectivity index (χ2v) is 4.78. The van der Waals surface area contributed by atoms with Gasteiger partial charge in [0.25, 0.3) is 0 Å². The fourth-order valence-corrected chi connectivity index (χ4v) is 1.97. The van der Waals surface area contributed by atoms with Gasteiger partial charge in [0.1, 0.15) is 5.82 Å². The number of benzene rings is 1. The van der Waals surface area contributed by atoms with Crippen molar-refractivity contribution < 1.29 is 4.39 Å². The molecule has 0 aromatic heterocycles. The topological polar surface area (TPSA) is 26.0 Å². The largest absolute Gasteiger partial charge is 0.324 e. The summed E-state index contributed by atoms with van der Waals surface area (Å²) in [5.41, 5.74) is 6.20. The van der Waals surface area contributed by atoms with Crippen LogP contribution in [0.2, 0.25) is 10.0 Å². The molecule has 1 nitrogen and oxygen atoms in total. The molecule has 0 spiro atoms. The van der Waals surface area contributed by atoms with Crippen molar-refractivity contribution in [2.45, 2.75) is 26.3 Å². The minimum atomic E-state index is -0.406. The molecule has 0 radical (unpaired) electrons. The van der Waals surface area contributed by atoms with Crippen molar-refractivity contribution in [1.82, 2.24) is 0 Å². The first-order chi connectivity index (χ1) is 6.93. The van der Waals surface area contributed by atoms with Gasteiger partial charge in [0.2, 0.25) is 0 Å². The third kappa shape index (κ3) is 3.07. The smallest absolute Gasteiger partial charge is 0.129 e. The lowest BCUT2D eigenvalue weighted by Gasteiger charge is -2.17. The van der Waals surface area contributed by atoms with Gasteiger partial charge in [0.15, 0.2) is 0 Å². The van der Waals surface area contributed by atoms with Crippen LogP contribution in [0, 0.1) is 11.7 Å². The predicted molar refractivity (Wildman–Crippen MR) is 62.8 cm³/mol. The average molecular weight is 250 g/mol. The van der Waals surface area contributed by atoms with Gasteiger partial charge >= 0.3 is 0 Å². The van der Waals surface area contributed by atoms with Crippen molar-refractivity contribution >= 4 is 23.2 Å². The molecule has 15 heavy (non-hydrogen) atoms. The molecule has 1 rings (SSSR count). The Labute approximate surface area is 99.4 Å². The van der Waals surface area contributed by atoms with Crippen molar-refractivity contribution in [1.29, 1.82) is 0 Å². The number of rotatable bonds is 3. The Morgan fingerprint density at radius 1 is 1.33 bits per heavy atom. The number of nitrogens with two attached hydrogens (primary N) is 1. The van der Waals surface area contributed by atoms with E-state index in [1.165, 1.54) is 12.1 Å². The molecule has 0 saturated carbocycles. The summed E-state index contributed by atoms with van der Waals surface area (Å²) in [5.74, 6) is -0.00741. The SMILES string of the molecule is CC(C)C[C@@H](N)c1c(F)ccc(Cl)c1Cl. The van der Waals surface area contributed by atoms with E-state index in [4.69, 9.17) is 28.9 Å². The quantitative estimate of drug-likeness (QED) is 0.800. The molecule has 0 unspecified atom stereocenters. The van der Waals surface area contributed by atoms with Crippen LogP contribution in [0.15, 0.2) is 12.1 Å². The van der Waals surface area contributed by atoms with Gasteiger partial charge in [0.05, 0.1) is 10.0 Å². The zero-order valence-corrected chi connectivity index (χ0v) is 10.2. The second kappa shape index (κ2) is 5.15. The Morgan fingerprint density at radius 2 is 1.93 bits per heavy atom. The van der Waals surface area contributed by atoms with Crippen molar-refractivity contribution in [2.75, 3.05) is 0 Å². The highest BCUT2D eigenvalue weighted by Gasteiger charge is 2.18. The van der Waals surface area contributed by atoms with Crippen molar-refractivity contribution in [3.8, 4) is 0 Å². The number of halogens is 3. The van der Waals surface area contributed by atoms with Gasteiger partial charge < -0.3 is 5.73 Å². The second-order valence-electron chi connectivity index (χ2n) is 3.99. The molecule has 0 aliphatic carbocycles. The third-order valence-electron chi connectivity index (χ3n) is 2.18. The van der Waals surface area contributed by atoms with Crippen molar-refractivity contribution in [2.24, 2.45) is 11.7 Å². The van der Waals surface area contributed by atoms with Gasteiger partial charge in [-0.15, -0.1) is 0 Å². The summed E-state index contributed by atoms with van der Waals surface area (Å²) in [5, 5.41) is 0.567. The van der Waals surface area contributed by atoms with Crippen LogP contribution >= 0.6 is 23.2 Å². The number of hydrogen-bond donors (Lipinski definition) is 1. The summed E-state index contributed by atoms with van der Waals surface area (Å²) in [6.45, 7) is 4.05. The molecule has 0 aliphatic rings. The van der Waals surface area contributed by atoms with E-state index in [0.29, 0.717) is 22.9 Å². The maximum Gasteiger partial charge on any atom is 0.129 e. The molecule has 1 atom stereocenters. The van der Waals surface area contributed by atoms with E-state index in [0.717, 1.165) is 0 Å². The molecule has 1 aromatic carbocycles. The van der Waals surface area contributed by atoms with E-state index in [9.17, 15) is 4.39 Å². The van der Waals surface area contributed by atoms with Gasteiger partial charge in [-0.2, -0.15) is 0 Å². The minimum absolute atomic E-state index is 0.227. The van der Waals surface area contributed by atoms with Gasteiger partial charge in [-0.3, -0.25) is 0 Å². The first-order valence-electron chi connectivity index (χ1n) is 4.82. The van der Waals surface area contributed by atoms with E-state index in [-0.39, 0.29) is 5.02 Å². The summed E-state index contributed by atoms with van der Waals surface area (Å²) in [7, 11) is 0. The van der Waals surface area contributed by atoms with E-state index in [2.05, 4.69) is 0 Å². The molecule has 0 heterocycles.